The summed E-state index contributed by atoms with van der Waals surface area (Å²) in [5, 5.41) is 0.680. The predicted octanol–water partition coefficient (Wildman–Crippen LogP) is 3.47. The molecule has 1 unspecified atom stereocenters. The Balaban J connectivity index is 1.56. The molecule has 2 saturated heterocycles. The van der Waals surface area contributed by atoms with Crippen molar-refractivity contribution < 1.29 is 4.39 Å². The molecular weight excluding hydrogens is 325 g/mol. The third-order valence-electron chi connectivity index (χ3n) is 5.50. The van der Waals surface area contributed by atoms with Gasteiger partial charge in [-0.05, 0) is 63.2 Å². The minimum Gasteiger partial charge on any atom is -0.304 e. The highest BCUT2D eigenvalue weighted by molar-refractivity contribution is 6.31. The number of hydrogen-bond donors (Lipinski definition) is 0. The summed E-state index contributed by atoms with van der Waals surface area (Å²) in [7, 11) is 2.20. The maximum atomic E-state index is 13.5. The summed E-state index contributed by atoms with van der Waals surface area (Å²) in [6, 6.07) is 5.30. The summed E-state index contributed by atoms with van der Waals surface area (Å²) in [6.07, 6.45) is 5.00. The lowest BCUT2D eigenvalue weighted by atomic mass is 9.98. The van der Waals surface area contributed by atoms with Crippen molar-refractivity contribution in [2.24, 2.45) is 0 Å². The van der Waals surface area contributed by atoms with Crippen molar-refractivity contribution in [3.63, 3.8) is 0 Å². The molecule has 5 heteroatoms. The molecule has 2 aliphatic rings. The van der Waals surface area contributed by atoms with E-state index in [1.54, 1.807) is 12.1 Å². The molecule has 0 amide bonds. The van der Waals surface area contributed by atoms with Crippen molar-refractivity contribution in [1.82, 2.24) is 14.7 Å². The van der Waals surface area contributed by atoms with Gasteiger partial charge in [0.1, 0.15) is 5.82 Å². The van der Waals surface area contributed by atoms with Gasteiger partial charge in [0.15, 0.2) is 0 Å². The van der Waals surface area contributed by atoms with Gasteiger partial charge in [-0.3, -0.25) is 4.90 Å². The zero-order valence-corrected chi connectivity index (χ0v) is 15.4. The average Bonchev–Trinajstić information content (AvgIpc) is 2.59. The third-order valence-corrected chi connectivity index (χ3v) is 5.87. The molecule has 1 aromatic rings. The quantitative estimate of drug-likeness (QED) is 0.802. The normalized spacial score (nSPS) is 24.4. The first-order valence-corrected chi connectivity index (χ1v) is 9.58. The van der Waals surface area contributed by atoms with Crippen LogP contribution in [-0.2, 0) is 6.54 Å². The molecule has 2 heterocycles. The molecule has 1 aromatic carbocycles. The van der Waals surface area contributed by atoms with Gasteiger partial charge in [-0.2, -0.15) is 0 Å². The van der Waals surface area contributed by atoms with Gasteiger partial charge in [-0.15, -0.1) is 0 Å². The number of benzene rings is 1. The number of likely N-dealkylation sites (tertiary alicyclic amines) is 1. The molecule has 0 spiro atoms. The molecule has 2 aliphatic heterocycles. The topological polar surface area (TPSA) is 9.72 Å². The molecule has 0 saturated carbocycles. The van der Waals surface area contributed by atoms with Crippen LogP contribution in [0, 0.1) is 5.82 Å². The summed E-state index contributed by atoms with van der Waals surface area (Å²) in [5.41, 5.74) is 0.920. The summed E-state index contributed by atoms with van der Waals surface area (Å²) >= 11 is 6.27. The van der Waals surface area contributed by atoms with Crippen molar-refractivity contribution >= 4 is 11.6 Å². The highest BCUT2D eigenvalue weighted by Crippen LogP contribution is 2.25. The van der Waals surface area contributed by atoms with Crippen molar-refractivity contribution in [3.8, 4) is 0 Å². The molecule has 3 nitrogen and oxygen atoms in total. The van der Waals surface area contributed by atoms with Gasteiger partial charge < -0.3 is 9.80 Å². The maximum Gasteiger partial charge on any atom is 0.123 e. The van der Waals surface area contributed by atoms with Gasteiger partial charge in [-0.1, -0.05) is 18.0 Å². The van der Waals surface area contributed by atoms with E-state index < -0.39 is 0 Å². The third kappa shape index (κ3) is 4.92. The Hall–Kier alpha value is -0.680. The first-order chi connectivity index (χ1) is 11.6. The van der Waals surface area contributed by atoms with Gasteiger partial charge in [0.25, 0.3) is 0 Å². The Morgan fingerprint density at radius 2 is 1.92 bits per heavy atom. The molecule has 2 fully saturated rings. The minimum absolute atomic E-state index is 0.194. The van der Waals surface area contributed by atoms with Gasteiger partial charge in [0, 0.05) is 43.8 Å². The number of piperidine rings is 1. The second kappa shape index (κ2) is 8.61. The van der Waals surface area contributed by atoms with Crippen LogP contribution < -0.4 is 0 Å². The summed E-state index contributed by atoms with van der Waals surface area (Å²) in [4.78, 5) is 7.50. The van der Waals surface area contributed by atoms with E-state index in [1.165, 1.54) is 64.5 Å². The van der Waals surface area contributed by atoms with E-state index in [4.69, 9.17) is 11.6 Å². The summed E-state index contributed by atoms with van der Waals surface area (Å²) in [5.74, 6) is -0.194. The predicted molar refractivity (Wildman–Crippen MR) is 98.0 cm³/mol. The van der Waals surface area contributed by atoms with E-state index in [9.17, 15) is 4.39 Å². The minimum atomic E-state index is -0.194. The Morgan fingerprint density at radius 3 is 2.71 bits per heavy atom. The van der Waals surface area contributed by atoms with Crippen LogP contribution in [0.3, 0.4) is 0 Å². The lowest BCUT2D eigenvalue weighted by Gasteiger charge is -2.38. The van der Waals surface area contributed by atoms with Crippen LogP contribution in [0.1, 0.15) is 31.2 Å². The lowest BCUT2D eigenvalue weighted by Crippen LogP contribution is -2.47. The van der Waals surface area contributed by atoms with Gasteiger partial charge in [0.2, 0.25) is 0 Å². The van der Waals surface area contributed by atoms with Crippen molar-refractivity contribution in [2.75, 3.05) is 46.3 Å². The number of hydrogen-bond acceptors (Lipinski definition) is 3. The van der Waals surface area contributed by atoms with Gasteiger partial charge in [-0.25, -0.2) is 4.39 Å². The highest BCUT2D eigenvalue weighted by atomic mass is 35.5. The van der Waals surface area contributed by atoms with E-state index in [2.05, 4.69) is 21.7 Å². The van der Waals surface area contributed by atoms with Crippen LogP contribution in [0.2, 0.25) is 5.02 Å². The molecule has 3 rings (SSSR count). The van der Waals surface area contributed by atoms with Crippen LogP contribution in [0.25, 0.3) is 0 Å². The summed E-state index contributed by atoms with van der Waals surface area (Å²) < 4.78 is 13.5. The fourth-order valence-corrected chi connectivity index (χ4v) is 4.06. The van der Waals surface area contributed by atoms with E-state index >= 15 is 0 Å². The summed E-state index contributed by atoms with van der Waals surface area (Å²) in [6.45, 7) is 7.74. The SMILES string of the molecule is CN1CCN(CCC2CCCCN2Cc2cc(F)ccc2Cl)CC1. The van der Waals surface area contributed by atoms with Crippen LogP contribution in [-0.4, -0.2) is 67.1 Å². The Bertz CT molecular complexity index is 531. The molecule has 0 N–H and O–H groups in total. The Labute approximate surface area is 150 Å². The Kier molecular flexibility index (Phi) is 6.50. The van der Waals surface area contributed by atoms with Crippen LogP contribution >= 0.6 is 11.6 Å². The van der Waals surface area contributed by atoms with Crippen molar-refractivity contribution in [3.05, 3.63) is 34.6 Å². The molecule has 24 heavy (non-hydrogen) atoms. The van der Waals surface area contributed by atoms with E-state index in [1.807, 2.05) is 0 Å². The first-order valence-electron chi connectivity index (χ1n) is 9.21. The fourth-order valence-electron chi connectivity index (χ4n) is 3.88. The molecule has 0 aliphatic carbocycles. The Morgan fingerprint density at radius 1 is 1.12 bits per heavy atom. The number of halogens is 2. The molecule has 0 radical (unpaired) electrons. The number of piperazine rings is 1. The van der Waals surface area contributed by atoms with Crippen LogP contribution in [0.4, 0.5) is 4.39 Å². The average molecular weight is 354 g/mol. The van der Waals surface area contributed by atoms with Gasteiger partial charge >= 0.3 is 0 Å². The highest BCUT2D eigenvalue weighted by Gasteiger charge is 2.24. The second-order valence-corrected chi connectivity index (χ2v) is 7.70. The molecule has 1 atom stereocenters. The van der Waals surface area contributed by atoms with Crippen LogP contribution in [0.5, 0.6) is 0 Å². The first kappa shape index (κ1) is 18.1. The maximum absolute atomic E-state index is 13.5. The smallest absolute Gasteiger partial charge is 0.123 e. The fraction of sp³-hybridized carbons (Fsp3) is 0.684. The van der Waals surface area contributed by atoms with Crippen LogP contribution in [0.15, 0.2) is 18.2 Å². The second-order valence-electron chi connectivity index (χ2n) is 7.29. The largest absolute Gasteiger partial charge is 0.304 e. The van der Waals surface area contributed by atoms with Crippen molar-refractivity contribution in [2.45, 2.75) is 38.3 Å². The molecule has 134 valence electrons. The standard InChI is InChI=1S/C19H29ClFN3/c1-22-10-12-23(13-11-22)9-7-18-4-2-3-8-24(18)15-16-14-17(21)5-6-19(16)20/h5-6,14,18H,2-4,7-13,15H2,1H3. The van der Waals surface area contributed by atoms with Gasteiger partial charge in [0.05, 0.1) is 0 Å². The molecular formula is C19H29ClFN3. The number of likely N-dealkylation sites (N-methyl/N-ethyl adjacent to an activating group) is 1. The monoisotopic (exact) mass is 353 g/mol. The number of rotatable bonds is 5. The van der Waals surface area contributed by atoms with E-state index in [0.717, 1.165) is 18.7 Å². The van der Waals surface area contributed by atoms with Crippen molar-refractivity contribution in [1.29, 1.82) is 0 Å². The van der Waals surface area contributed by atoms with E-state index in [-0.39, 0.29) is 5.82 Å². The zero-order valence-electron chi connectivity index (χ0n) is 14.7. The zero-order chi connectivity index (χ0) is 16.9. The lowest BCUT2D eigenvalue weighted by molar-refractivity contribution is 0.102. The molecule has 0 bridgehead atoms. The van der Waals surface area contributed by atoms with E-state index in [0.29, 0.717) is 11.1 Å². The number of nitrogens with zero attached hydrogens (tertiary/aromatic N) is 3. The molecule has 0 aromatic heterocycles.